The van der Waals surface area contributed by atoms with Crippen LogP contribution in [0.1, 0.15) is 101 Å². The summed E-state index contributed by atoms with van der Waals surface area (Å²) in [5, 5.41) is 0.145. The standard InChI is InChI=1S/C37H66O5Si/c1-24-14-13-15-30(34(24)28(5)22-38)21-31(23-40-43(11,12)37(7,8)9)36-26(3)17-19-32(41-36)18-16-25(2)35-27(4)20-33(42-35)29(6)39-10/h16,18,21-22,24-30,32-36H,13-15,17,19-20,23H2,1-12H3/b18-16+,31-21+/t24-,25+,26-,27+,28-,29+,30-,32-,33-,34-,35+,36-/m1/s1. The van der Waals surface area contributed by atoms with Crippen molar-refractivity contribution in [2.45, 2.75) is 149 Å². The Bertz CT molecular complexity index is 938. The maximum Gasteiger partial charge on any atom is 0.192 e. The Kier molecular flexibility index (Phi) is 13.4. The maximum absolute atomic E-state index is 12.0. The summed E-state index contributed by atoms with van der Waals surface area (Å²) in [5.41, 5.74) is 1.30. The van der Waals surface area contributed by atoms with Gasteiger partial charge < -0.3 is 23.4 Å². The first-order valence-electron chi connectivity index (χ1n) is 17.4. The number of ether oxygens (including phenoxy) is 3. The summed E-state index contributed by atoms with van der Waals surface area (Å²) in [7, 11) is -0.184. The third kappa shape index (κ3) is 9.37. The molecular weight excluding hydrogens is 552 g/mol. The minimum absolute atomic E-state index is 0.0291. The Morgan fingerprint density at radius 2 is 1.65 bits per heavy atom. The van der Waals surface area contributed by atoms with E-state index in [0.717, 1.165) is 25.7 Å². The van der Waals surface area contributed by atoms with Gasteiger partial charge in [-0.05, 0) is 85.9 Å². The predicted molar refractivity (Wildman–Crippen MR) is 181 cm³/mol. The molecule has 5 nitrogen and oxygen atoms in total. The zero-order valence-electron chi connectivity index (χ0n) is 29.7. The second-order valence-corrected chi connectivity index (χ2v) is 20.9. The van der Waals surface area contributed by atoms with Crippen LogP contribution in [0.15, 0.2) is 23.8 Å². The molecule has 3 aliphatic rings. The summed E-state index contributed by atoms with van der Waals surface area (Å²) in [6.45, 7) is 25.7. The third-order valence-corrected chi connectivity index (χ3v) is 16.1. The van der Waals surface area contributed by atoms with E-state index in [4.69, 9.17) is 18.6 Å². The highest BCUT2D eigenvalue weighted by Crippen LogP contribution is 2.43. The average Bonchev–Trinajstić information content (AvgIpc) is 3.35. The van der Waals surface area contributed by atoms with Crippen LogP contribution in [0.2, 0.25) is 18.1 Å². The Labute approximate surface area is 266 Å². The van der Waals surface area contributed by atoms with E-state index < -0.39 is 8.32 Å². The molecule has 0 aromatic heterocycles. The van der Waals surface area contributed by atoms with E-state index in [-0.39, 0.29) is 41.5 Å². The van der Waals surface area contributed by atoms with Crippen molar-refractivity contribution in [1.82, 2.24) is 0 Å². The van der Waals surface area contributed by atoms with Crippen LogP contribution in [0.4, 0.5) is 0 Å². The Balaban J connectivity index is 1.83. The van der Waals surface area contributed by atoms with E-state index in [1.54, 1.807) is 7.11 Å². The van der Waals surface area contributed by atoms with Crippen molar-refractivity contribution >= 4 is 14.6 Å². The fourth-order valence-electron chi connectivity index (χ4n) is 7.62. The molecule has 0 aromatic rings. The van der Waals surface area contributed by atoms with Crippen molar-refractivity contribution in [3.05, 3.63) is 23.8 Å². The highest BCUT2D eigenvalue weighted by Gasteiger charge is 2.41. The number of hydrogen-bond donors (Lipinski definition) is 0. The van der Waals surface area contributed by atoms with Gasteiger partial charge in [-0.15, -0.1) is 0 Å². The molecule has 2 aliphatic heterocycles. The molecule has 248 valence electrons. The molecule has 12 atom stereocenters. The van der Waals surface area contributed by atoms with E-state index in [2.05, 4.69) is 93.6 Å². The highest BCUT2D eigenvalue weighted by atomic mass is 28.4. The van der Waals surface area contributed by atoms with Gasteiger partial charge in [-0.25, -0.2) is 0 Å². The first kappa shape index (κ1) is 36.7. The lowest BCUT2D eigenvalue weighted by molar-refractivity contribution is -0.113. The molecule has 0 aromatic carbocycles. The normalized spacial score (nSPS) is 36.9. The molecular formula is C37H66O5Si. The third-order valence-electron chi connectivity index (χ3n) is 11.7. The van der Waals surface area contributed by atoms with Crippen molar-refractivity contribution < 1.29 is 23.4 Å². The van der Waals surface area contributed by atoms with Crippen LogP contribution >= 0.6 is 0 Å². The summed E-state index contributed by atoms with van der Waals surface area (Å²) in [5.74, 6) is 2.62. The van der Waals surface area contributed by atoms with Crippen LogP contribution in [0, 0.1) is 41.4 Å². The van der Waals surface area contributed by atoms with Crippen LogP contribution in [0.5, 0.6) is 0 Å². The molecule has 0 bridgehead atoms. The number of methoxy groups -OCH3 is 1. The molecule has 0 amide bonds. The highest BCUT2D eigenvalue weighted by molar-refractivity contribution is 6.74. The molecule has 43 heavy (non-hydrogen) atoms. The van der Waals surface area contributed by atoms with E-state index in [9.17, 15) is 4.79 Å². The molecule has 6 heteroatoms. The molecule has 0 N–H and O–H groups in total. The van der Waals surface area contributed by atoms with Crippen LogP contribution in [-0.2, 0) is 23.4 Å². The smallest absolute Gasteiger partial charge is 0.192 e. The van der Waals surface area contributed by atoms with Crippen molar-refractivity contribution in [2.75, 3.05) is 13.7 Å². The maximum atomic E-state index is 12.0. The fourth-order valence-corrected chi connectivity index (χ4v) is 8.58. The molecule has 0 unspecified atom stereocenters. The predicted octanol–water partition coefficient (Wildman–Crippen LogP) is 9.03. The van der Waals surface area contributed by atoms with Crippen molar-refractivity contribution in [2.24, 2.45) is 41.4 Å². The lowest BCUT2D eigenvalue weighted by Crippen LogP contribution is -2.43. The Hall–Kier alpha value is -0.793. The zero-order valence-corrected chi connectivity index (χ0v) is 30.7. The van der Waals surface area contributed by atoms with Gasteiger partial charge in [0.1, 0.15) is 6.29 Å². The van der Waals surface area contributed by atoms with E-state index >= 15 is 0 Å². The molecule has 0 radical (unpaired) electrons. The quantitative estimate of drug-likeness (QED) is 0.124. The second-order valence-electron chi connectivity index (χ2n) is 16.1. The number of carbonyl (C=O) groups is 1. The van der Waals surface area contributed by atoms with E-state index in [1.807, 2.05) is 0 Å². The second kappa shape index (κ2) is 15.7. The number of carbonyl (C=O) groups excluding carboxylic acids is 1. The van der Waals surface area contributed by atoms with E-state index in [0.29, 0.717) is 42.1 Å². The monoisotopic (exact) mass is 618 g/mol. The van der Waals surface area contributed by atoms with Crippen LogP contribution in [0.25, 0.3) is 0 Å². The van der Waals surface area contributed by atoms with Gasteiger partial charge >= 0.3 is 0 Å². The number of rotatable bonds is 12. The lowest BCUT2D eigenvalue weighted by Gasteiger charge is -2.41. The van der Waals surface area contributed by atoms with Gasteiger partial charge in [0, 0.05) is 18.9 Å². The molecule has 3 rings (SSSR count). The fraction of sp³-hybridized carbons (Fsp3) is 0.865. The van der Waals surface area contributed by atoms with Crippen LogP contribution in [-0.4, -0.2) is 58.8 Å². The van der Waals surface area contributed by atoms with Gasteiger partial charge in [-0.1, -0.05) is 86.5 Å². The summed E-state index contributed by atoms with van der Waals surface area (Å²) < 4.78 is 25.9. The summed E-state index contributed by atoms with van der Waals surface area (Å²) >= 11 is 0. The van der Waals surface area contributed by atoms with Gasteiger partial charge in [0.25, 0.3) is 0 Å². The van der Waals surface area contributed by atoms with Crippen molar-refractivity contribution in [3.63, 3.8) is 0 Å². The first-order chi connectivity index (χ1) is 20.1. The SMILES string of the molecule is CO[C@@H](C)[C@H]1C[C@H](C)[C@H]([C@@H](C)/C=C/[C@@H]2CC[C@@H](C)[C@H](/C(=C/[C@H]3CCC[C@@H](C)[C@@H]3[C@H](C)C=O)CO[Si](C)(C)C(C)(C)C)O2)O1. The van der Waals surface area contributed by atoms with Crippen LogP contribution in [0.3, 0.4) is 0 Å². The van der Waals surface area contributed by atoms with Gasteiger partial charge in [-0.3, -0.25) is 0 Å². The summed E-state index contributed by atoms with van der Waals surface area (Å²) in [6.07, 6.45) is 15.7. The molecule has 1 aliphatic carbocycles. The molecule has 3 fully saturated rings. The molecule has 2 heterocycles. The molecule has 0 spiro atoms. The minimum atomic E-state index is -1.95. The minimum Gasteiger partial charge on any atom is -0.413 e. The molecule has 2 saturated heterocycles. The van der Waals surface area contributed by atoms with Crippen LogP contribution < -0.4 is 0 Å². The van der Waals surface area contributed by atoms with Gasteiger partial charge in [0.15, 0.2) is 8.32 Å². The summed E-state index contributed by atoms with van der Waals surface area (Å²) in [4.78, 5) is 12.0. The number of allylic oxidation sites excluding steroid dienone is 1. The summed E-state index contributed by atoms with van der Waals surface area (Å²) in [6, 6.07) is 0. The van der Waals surface area contributed by atoms with E-state index in [1.165, 1.54) is 24.7 Å². The average molecular weight is 619 g/mol. The van der Waals surface area contributed by atoms with Gasteiger partial charge in [0.2, 0.25) is 0 Å². The number of hydrogen-bond acceptors (Lipinski definition) is 5. The lowest BCUT2D eigenvalue weighted by atomic mass is 9.67. The zero-order chi connectivity index (χ0) is 32.1. The number of aldehydes is 1. The Morgan fingerprint density at radius 1 is 0.953 bits per heavy atom. The largest absolute Gasteiger partial charge is 0.413 e. The van der Waals surface area contributed by atoms with Gasteiger partial charge in [-0.2, -0.15) is 0 Å². The van der Waals surface area contributed by atoms with Crippen molar-refractivity contribution in [1.29, 1.82) is 0 Å². The Morgan fingerprint density at radius 3 is 2.28 bits per heavy atom. The first-order valence-corrected chi connectivity index (χ1v) is 20.3. The molecule has 1 saturated carbocycles. The topological polar surface area (TPSA) is 54.0 Å². The van der Waals surface area contributed by atoms with Gasteiger partial charge in [0.05, 0.1) is 37.1 Å². The van der Waals surface area contributed by atoms with Crippen molar-refractivity contribution in [3.8, 4) is 0 Å².